The molecule has 1 aliphatic rings. The maximum absolute atomic E-state index is 5.87. The van der Waals surface area contributed by atoms with Crippen LogP contribution in [0.4, 0.5) is 0 Å². The third-order valence-corrected chi connectivity index (χ3v) is 3.57. The van der Waals surface area contributed by atoms with Gasteiger partial charge in [-0.05, 0) is 50.1 Å². The molecule has 2 aromatic rings. The van der Waals surface area contributed by atoms with Gasteiger partial charge >= 0.3 is 0 Å². The van der Waals surface area contributed by atoms with Gasteiger partial charge in [0.05, 0.1) is 19.3 Å². The van der Waals surface area contributed by atoms with E-state index in [0.29, 0.717) is 11.9 Å². The minimum absolute atomic E-state index is 0.320. The molecule has 1 saturated heterocycles. The Kier molecular flexibility index (Phi) is 3.25. The summed E-state index contributed by atoms with van der Waals surface area (Å²) in [7, 11) is 1.68. The average Bonchev–Trinajstić information content (AvgIpc) is 3.09. The quantitative estimate of drug-likeness (QED) is 0.919. The Labute approximate surface area is 112 Å². The number of benzene rings is 1. The molecule has 0 spiro atoms. The molecular weight excluding hydrogens is 240 g/mol. The van der Waals surface area contributed by atoms with E-state index in [9.17, 15) is 0 Å². The Morgan fingerprint density at radius 2 is 2.32 bits per heavy atom. The molecule has 1 aliphatic heterocycles. The highest BCUT2D eigenvalue weighted by molar-refractivity contribution is 5.57. The fraction of sp³-hybridized carbons (Fsp3) is 0.400. The summed E-state index contributed by atoms with van der Waals surface area (Å²) >= 11 is 0. The second kappa shape index (κ2) is 5.05. The SMILES string of the molecule is COc1ccc(-c2ncc(C3CCCN3)o2)cc1C. The average molecular weight is 258 g/mol. The van der Waals surface area contributed by atoms with Crippen molar-refractivity contribution in [2.24, 2.45) is 0 Å². The zero-order chi connectivity index (χ0) is 13.2. The molecule has 0 saturated carbocycles. The molecule has 3 rings (SSSR count). The Balaban J connectivity index is 1.87. The number of hydrogen-bond donors (Lipinski definition) is 1. The molecule has 1 N–H and O–H groups in total. The highest BCUT2D eigenvalue weighted by Crippen LogP contribution is 2.29. The van der Waals surface area contributed by atoms with E-state index in [0.717, 1.165) is 35.6 Å². The smallest absolute Gasteiger partial charge is 0.226 e. The van der Waals surface area contributed by atoms with Gasteiger partial charge in [0.1, 0.15) is 11.5 Å². The predicted molar refractivity (Wildman–Crippen MR) is 73.2 cm³/mol. The van der Waals surface area contributed by atoms with Gasteiger partial charge in [-0.3, -0.25) is 0 Å². The number of nitrogens with zero attached hydrogens (tertiary/aromatic N) is 1. The van der Waals surface area contributed by atoms with E-state index in [2.05, 4.69) is 10.3 Å². The highest BCUT2D eigenvalue weighted by Gasteiger charge is 2.20. The molecule has 1 unspecified atom stereocenters. The van der Waals surface area contributed by atoms with Crippen molar-refractivity contribution in [1.29, 1.82) is 0 Å². The van der Waals surface area contributed by atoms with E-state index in [-0.39, 0.29) is 0 Å². The lowest BCUT2D eigenvalue weighted by Crippen LogP contribution is -2.11. The molecule has 0 aliphatic carbocycles. The molecule has 1 aromatic carbocycles. The predicted octanol–water partition coefficient (Wildman–Crippen LogP) is 3.08. The van der Waals surface area contributed by atoms with Gasteiger partial charge in [0.15, 0.2) is 0 Å². The van der Waals surface area contributed by atoms with Crippen LogP contribution in [0.15, 0.2) is 28.8 Å². The number of nitrogens with one attached hydrogen (secondary N) is 1. The second-order valence-corrected chi connectivity index (χ2v) is 4.90. The van der Waals surface area contributed by atoms with E-state index in [1.807, 2.05) is 31.3 Å². The molecule has 0 radical (unpaired) electrons. The normalized spacial score (nSPS) is 18.7. The van der Waals surface area contributed by atoms with Crippen LogP contribution in [-0.4, -0.2) is 18.6 Å². The van der Waals surface area contributed by atoms with E-state index in [1.54, 1.807) is 7.11 Å². The Hall–Kier alpha value is -1.81. The van der Waals surface area contributed by atoms with Crippen molar-refractivity contribution < 1.29 is 9.15 Å². The van der Waals surface area contributed by atoms with Crippen molar-refractivity contribution in [2.45, 2.75) is 25.8 Å². The van der Waals surface area contributed by atoms with Crippen LogP contribution in [0.2, 0.25) is 0 Å². The minimum Gasteiger partial charge on any atom is -0.496 e. The summed E-state index contributed by atoms with van der Waals surface area (Å²) in [6, 6.07) is 6.28. The first kappa shape index (κ1) is 12.2. The third kappa shape index (κ3) is 2.36. The Morgan fingerprint density at radius 1 is 1.42 bits per heavy atom. The van der Waals surface area contributed by atoms with E-state index < -0.39 is 0 Å². The summed E-state index contributed by atoms with van der Waals surface area (Å²) in [4.78, 5) is 4.38. The molecule has 4 heteroatoms. The lowest BCUT2D eigenvalue weighted by molar-refractivity contribution is 0.411. The zero-order valence-corrected chi connectivity index (χ0v) is 11.3. The first-order valence-corrected chi connectivity index (χ1v) is 6.62. The number of hydrogen-bond acceptors (Lipinski definition) is 4. The fourth-order valence-corrected chi connectivity index (χ4v) is 2.52. The van der Waals surface area contributed by atoms with Gasteiger partial charge in [-0.25, -0.2) is 4.98 Å². The molecule has 2 heterocycles. The van der Waals surface area contributed by atoms with Crippen molar-refractivity contribution in [3.05, 3.63) is 35.7 Å². The monoisotopic (exact) mass is 258 g/mol. The van der Waals surface area contributed by atoms with Crippen molar-refractivity contribution in [3.8, 4) is 17.2 Å². The third-order valence-electron chi connectivity index (χ3n) is 3.57. The molecule has 0 amide bonds. The molecule has 19 heavy (non-hydrogen) atoms. The van der Waals surface area contributed by atoms with E-state index >= 15 is 0 Å². The number of ether oxygens (including phenoxy) is 1. The van der Waals surface area contributed by atoms with Crippen LogP contribution in [0.1, 0.15) is 30.2 Å². The number of aryl methyl sites for hydroxylation is 1. The van der Waals surface area contributed by atoms with Crippen LogP contribution in [-0.2, 0) is 0 Å². The van der Waals surface area contributed by atoms with Crippen molar-refractivity contribution in [3.63, 3.8) is 0 Å². The van der Waals surface area contributed by atoms with Crippen molar-refractivity contribution >= 4 is 0 Å². The van der Waals surface area contributed by atoms with Crippen LogP contribution in [0, 0.1) is 6.92 Å². The summed E-state index contributed by atoms with van der Waals surface area (Å²) < 4.78 is 11.1. The van der Waals surface area contributed by atoms with Gasteiger partial charge in [-0.2, -0.15) is 0 Å². The maximum atomic E-state index is 5.87. The largest absolute Gasteiger partial charge is 0.496 e. The van der Waals surface area contributed by atoms with Gasteiger partial charge in [-0.15, -0.1) is 0 Å². The number of aromatic nitrogens is 1. The molecule has 0 bridgehead atoms. The first-order chi connectivity index (χ1) is 9.28. The van der Waals surface area contributed by atoms with Gasteiger partial charge < -0.3 is 14.5 Å². The summed E-state index contributed by atoms with van der Waals surface area (Å²) in [5, 5.41) is 3.41. The second-order valence-electron chi connectivity index (χ2n) is 4.90. The van der Waals surface area contributed by atoms with E-state index in [4.69, 9.17) is 9.15 Å². The highest BCUT2D eigenvalue weighted by atomic mass is 16.5. The minimum atomic E-state index is 0.320. The summed E-state index contributed by atoms with van der Waals surface area (Å²) in [5.41, 5.74) is 2.07. The van der Waals surface area contributed by atoms with Crippen LogP contribution < -0.4 is 10.1 Å². The molecule has 4 nitrogen and oxygen atoms in total. The fourth-order valence-electron chi connectivity index (χ4n) is 2.52. The topological polar surface area (TPSA) is 47.3 Å². The van der Waals surface area contributed by atoms with Gasteiger partial charge in [-0.1, -0.05) is 0 Å². The van der Waals surface area contributed by atoms with Crippen LogP contribution in [0.5, 0.6) is 5.75 Å². The first-order valence-electron chi connectivity index (χ1n) is 6.62. The lowest BCUT2D eigenvalue weighted by Gasteiger charge is -2.06. The maximum Gasteiger partial charge on any atom is 0.226 e. The van der Waals surface area contributed by atoms with Crippen molar-refractivity contribution in [2.75, 3.05) is 13.7 Å². The van der Waals surface area contributed by atoms with E-state index in [1.165, 1.54) is 6.42 Å². The van der Waals surface area contributed by atoms with Crippen LogP contribution >= 0.6 is 0 Å². The zero-order valence-electron chi connectivity index (χ0n) is 11.3. The van der Waals surface area contributed by atoms with Gasteiger partial charge in [0.2, 0.25) is 5.89 Å². The molecule has 1 fully saturated rings. The number of rotatable bonds is 3. The van der Waals surface area contributed by atoms with Crippen LogP contribution in [0.25, 0.3) is 11.5 Å². The lowest BCUT2D eigenvalue weighted by atomic mass is 10.1. The molecular formula is C15H18N2O2. The summed E-state index contributed by atoms with van der Waals surface area (Å²) in [5.74, 6) is 2.49. The molecule has 1 atom stereocenters. The Bertz CT molecular complexity index is 571. The Morgan fingerprint density at radius 3 is 3.00 bits per heavy atom. The van der Waals surface area contributed by atoms with Gasteiger partial charge in [0, 0.05) is 5.56 Å². The number of methoxy groups -OCH3 is 1. The molecule has 1 aromatic heterocycles. The van der Waals surface area contributed by atoms with Crippen LogP contribution in [0.3, 0.4) is 0 Å². The van der Waals surface area contributed by atoms with Crippen molar-refractivity contribution in [1.82, 2.24) is 10.3 Å². The molecule has 100 valence electrons. The summed E-state index contributed by atoms with van der Waals surface area (Å²) in [6.45, 7) is 3.08. The van der Waals surface area contributed by atoms with Gasteiger partial charge in [0.25, 0.3) is 0 Å². The standard InChI is InChI=1S/C15H18N2O2/c1-10-8-11(5-6-13(10)18-2)15-17-9-14(19-15)12-4-3-7-16-12/h5-6,8-9,12,16H,3-4,7H2,1-2H3. The summed E-state index contributed by atoms with van der Waals surface area (Å²) in [6.07, 6.45) is 4.15. The number of oxazole rings is 1.